The van der Waals surface area contributed by atoms with E-state index in [2.05, 4.69) is 29.5 Å². The van der Waals surface area contributed by atoms with Crippen LogP contribution in [0.5, 0.6) is 0 Å². The third kappa shape index (κ3) is 3.91. The second-order valence-corrected chi connectivity index (χ2v) is 6.54. The summed E-state index contributed by atoms with van der Waals surface area (Å²) in [5, 5.41) is 5.21. The molecule has 0 saturated carbocycles. The van der Waals surface area contributed by atoms with Gasteiger partial charge in [-0.2, -0.15) is 0 Å². The summed E-state index contributed by atoms with van der Waals surface area (Å²) >= 11 is 0. The Bertz CT molecular complexity index is 942. The number of anilines is 1. The minimum Gasteiger partial charge on any atom is -0.342 e. The van der Waals surface area contributed by atoms with Crippen LogP contribution in [0.4, 0.5) is 5.69 Å². The molecule has 0 fully saturated rings. The summed E-state index contributed by atoms with van der Waals surface area (Å²) in [6.45, 7) is 6.37. The van der Waals surface area contributed by atoms with Crippen LogP contribution in [0.1, 0.15) is 36.7 Å². The second kappa shape index (κ2) is 7.39. The fourth-order valence-corrected chi connectivity index (χ4v) is 2.67. The Morgan fingerprint density at radius 3 is 2.46 bits per heavy atom. The Balaban J connectivity index is 1.58. The van der Waals surface area contributed by atoms with Crippen molar-refractivity contribution in [1.82, 2.24) is 14.7 Å². The molecule has 2 amide bonds. The third-order valence-corrected chi connectivity index (χ3v) is 4.22. The molecule has 0 spiro atoms. The Morgan fingerprint density at radius 2 is 1.81 bits per heavy atom. The largest absolute Gasteiger partial charge is 0.342 e. The van der Waals surface area contributed by atoms with Crippen molar-refractivity contribution in [3.63, 3.8) is 0 Å². The van der Waals surface area contributed by atoms with Crippen molar-refractivity contribution in [2.24, 2.45) is 0 Å². The van der Waals surface area contributed by atoms with Gasteiger partial charge in [-0.15, -0.1) is 0 Å². The minimum atomic E-state index is -0.692. The number of hydrogen-bond donors (Lipinski definition) is 2. The van der Waals surface area contributed by atoms with Crippen LogP contribution in [0, 0.1) is 6.92 Å². The van der Waals surface area contributed by atoms with Gasteiger partial charge in [0.05, 0.1) is 12.2 Å². The standard InChI is InChI=1S/C20H22N4O2/c1-13(2)15-7-9-16(10-8-15)23-20(26)19(25)21-11-17-12-24-14(3)5-4-6-18(24)22-17/h4-10,12-13H,11H2,1-3H3,(H,21,25)(H,23,26). The Hall–Kier alpha value is -3.15. The van der Waals surface area contributed by atoms with Gasteiger partial charge < -0.3 is 15.0 Å². The van der Waals surface area contributed by atoms with Gasteiger partial charge in [-0.25, -0.2) is 4.98 Å². The molecule has 0 aliphatic carbocycles. The zero-order valence-electron chi connectivity index (χ0n) is 15.1. The number of nitrogens with zero attached hydrogens (tertiary/aromatic N) is 2. The molecule has 2 heterocycles. The van der Waals surface area contributed by atoms with E-state index in [1.54, 1.807) is 12.1 Å². The monoisotopic (exact) mass is 350 g/mol. The Morgan fingerprint density at radius 1 is 1.08 bits per heavy atom. The molecule has 0 bridgehead atoms. The van der Waals surface area contributed by atoms with E-state index in [4.69, 9.17) is 0 Å². The normalized spacial score (nSPS) is 10.9. The number of amides is 2. The topological polar surface area (TPSA) is 75.5 Å². The minimum absolute atomic E-state index is 0.194. The fraction of sp³-hybridized carbons (Fsp3) is 0.250. The number of benzene rings is 1. The van der Waals surface area contributed by atoms with Gasteiger partial charge in [0.25, 0.3) is 0 Å². The van der Waals surface area contributed by atoms with E-state index in [0.29, 0.717) is 17.3 Å². The number of fused-ring (bicyclic) bond motifs is 1. The van der Waals surface area contributed by atoms with E-state index in [1.165, 1.54) is 5.56 Å². The average molecular weight is 350 g/mol. The van der Waals surface area contributed by atoms with E-state index >= 15 is 0 Å². The number of carbonyl (C=O) groups excluding carboxylic acids is 2. The molecule has 6 nitrogen and oxygen atoms in total. The molecular weight excluding hydrogens is 328 g/mol. The maximum Gasteiger partial charge on any atom is 0.313 e. The molecule has 0 aliphatic heterocycles. The summed E-state index contributed by atoms with van der Waals surface area (Å²) in [6, 6.07) is 13.3. The maximum atomic E-state index is 12.0. The van der Waals surface area contributed by atoms with Gasteiger partial charge in [0.1, 0.15) is 5.65 Å². The molecule has 134 valence electrons. The number of imidazole rings is 1. The quantitative estimate of drug-likeness (QED) is 0.710. The van der Waals surface area contributed by atoms with Gasteiger partial charge in [0.2, 0.25) is 0 Å². The molecule has 0 aliphatic rings. The van der Waals surface area contributed by atoms with Gasteiger partial charge in [-0.3, -0.25) is 9.59 Å². The lowest BCUT2D eigenvalue weighted by atomic mass is 10.0. The van der Waals surface area contributed by atoms with Crippen LogP contribution in [-0.4, -0.2) is 21.2 Å². The van der Waals surface area contributed by atoms with Crippen molar-refractivity contribution in [2.45, 2.75) is 33.2 Å². The van der Waals surface area contributed by atoms with Crippen molar-refractivity contribution in [3.05, 3.63) is 65.6 Å². The van der Waals surface area contributed by atoms with Crippen molar-refractivity contribution in [3.8, 4) is 0 Å². The third-order valence-electron chi connectivity index (χ3n) is 4.22. The molecule has 0 unspecified atom stereocenters. The second-order valence-electron chi connectivity index (χ2n) is 6.54. The van der Waals surface area contributed by atoms with Crippen LogP contribution >= 0.6 is 0 Å². The smallest absolute Gasteiger partial charge is 0.313 e. The number of aryl methyl sites for hydroxylation is 1. The molecule has 0 atom stereocenters. The van der Waals surface area contributed by atoms with Crippen LogP contribution in [0.15, 0.2) is 48.7 Å². The molecule has 3 rings (SSSR count). The molecule has 0 saturated heterocycles. The van der Waals surface area contributed by atoms with Crippen molar-refractivity contribution in [1.29, 1.82) is 0 Å². The van der Waals surface area contributed by atoms with E-state index in [9.17, 15) is 9.59 Å². The van der Waals surface area contributed by atoms with E-state index in [1.807, 2.05) is 47.9 Å². The SMILES string of the molecule is Cc1cccc2nc(CNC(=O)C(=O)Nc3ccc(C(C)C)cc3)cn12. The zero-order chi connectivity index (χ0) is 18.7. The highest BCUT2D eigenvalue weighted by Gasteiger charge is 2.14. The number of pyridine rings is 1. The number of aromatic nitrogens is 2. The Labute approximate surface area is 152 Å². The summed E-state index contributed by atoms with van der Waals surface area (Å²) < 4.78 is 1.94. The first-order valence-electron chi connectivity index (χ1n) is 8.57. The first-order chi connectivity index (χ1) is 12.4. The predicted octanol–water partition coefficient (Wildman–Crippen LogP) is 3.02. The van der Waals surface area contributed by atoms with Crippen LogP contribution in [0.2, 0.25) is 0 Å². The number of hydrogen-bond acceptors (Lipinski definition) is 3. The summed E-state index contributed by atoms with van der Waals surface area (Å²) in [5.74, 6) is -0.967. The fourth-order valence-electron chi connectivity index (χ4n) is 2.67. The van der Waals surface area contributed by atoms with Gasteiger partial charge in [0, 0.05) is 17.6 Å². The summed E-state index contributed by atoms with van der Waals surface area (Å²) in [6.07, 6.45) is 1.85. The maximum absolute atomic E-state index is 12.0. The summed E-state index contributed by atoms with van der Waals surface area (Å²) in [7, 11) is 0. The van der Waals surface area contributed by atoms with Crippen LogP contribution in [0.25, 0.3) is 5.65 Å². The Kier molecular flexibility index (Phi) is 5.02. The lowest BCUT2D eigenvalue weighted by Crippen LogP contribution is -2.35. The first kappa shape index (κ1) is 17.7. The lowest BCUT2D eigenvalue weighted by molar-refractivity contribution is -0.136. The highest BCUT2D eigenvalue weighted by molar-refractivity contribution is 6.39. The molecule has 2 aromatic heterocycles. The van der Waals surface area contributed by atoms with Crippen molar-refractivity contribution >= 4 is 23.1 Å². The number of nitrogens with one attached hydrogen (secondary N) is 2. The number of carbonyl (C=O) groups is 2. The van der Waals surface area contributed by atoms with Gasteiger partial charge in [-0.05, 0) is 42.7 Å². The highest BCUT2D eigenvalue weighted by atomic mass is 16.2. The van der Waals surface area contributed by atoms with E-state index in [-0.39, 0.29) is 6.54 Å². The molecule has 1 aromatic carbocycles. The van der Waals surface area contributed by atoms with Crippen molar-refractivity contribution in [2.75, 3.05) is 5.32 Å². The van der Waals surface area contributed by atoms with Gasteiger partial charge in [-0.1, -0.05) is 32.0 Å². The first-order valence-corrected chi connectivity index (χ1v) is 8.57. The van der Waals surface area contributed by atoms with Gasteiger partial charge >= 0.3 is 11.8 Å². The van der Waals surface area contributed by atoms with Crippen LogP contribution in [-0.2, 0) is 16.1 Å². The van der Waals surface area contributed by atoms with Crippen molar-refractivity contribution < 1.29 is 9.59 Å². The average Bonchev–Trinajstić information content (AvgIpc) is 3.04. The lowest BCUT2D eigenvalue weighted by Gasteiger charge is -2.08. The molecular formula is C20H22N4O2. The predicted molar refractivity (Wildman–Crippen MR) is 101 cm³/mol. The van der Waals surface area contributed by atoms with E-state index in [0.717, 1.165) is 11.3 Å². The van der Waals surface area contributed by atoms with Crippen LogP contribution < -0.4 is 10.6 Å². The van der Waals surface area contributed by atoms with Crippen LogP contribution in [0.3, 0.4) is 0 Å². The summed E-state index contributed by atoms with van der Waals surface area (Å²) in [4.78, 5) is 28.5. The molecule has 0 radical (unpaired) electrons. The molecule has 6 heteroatoms. The number of rotatable bonds is 4. The molecule has 3 aromatic rings. The molecule has 2 N–H and O–H groups in total. The molecule has 26 heavy (non-hydrogen) atoms. The summed E-state index contributed by atoms with van der Waals surface area (Å²) in [5.41, 5.74) is 4.33. The van der Waals surface area contributed by atoms with Gasteiger partial charge in [0.15, 0.2) is 0 Å². The highest BCUT2D eigenvalue weighted by Crippen LogP contribution is 2.17. The zero-order valence-corrected chi connectivity index (χ0v) is 15.1. The van der Waals surface area contributed by atoms with E-state index < -0.39 is 11.8 Å².